The summed E-state index contributed by atoms with van der Waals surface area (Å²) in [7, 11) is 0. The van der Waals surface area contributed by atoms with Crippen LogP contribution in [0.4, 0.5) is 5.82 Å². The van der Waals surface area contributed by atoms with Crippen LogP contribution in [0, 0.1) is 0 Å². The van der Waals surface area contributed by atoms with Crippen LogP contribution in [0.25, 0.3) is 0 Å². The quantitative estimate of drug-likeness (QED) is 0.680. The maximum Gasteiger partial charge on any atom is 0.261 e. The molecule has 1 aromatic carbocycles. The van der Waals surface area contributed by atoms with E-state index in [1.54, 1.807) is 12.1 Å². The number of aromatic nitrogens is 1. The predicted molar refractivity (Wildman–Crippen MR) is 101 cm³/mol. The number of rotatable bonds is 9. The average Bonchev–Trinajstić information content (AvgIpc) is 3.23. The summed E-state index contributed by atoms with van der Waals surface area (Å²) in [6.45, 7) is 3.84. The van der Waals surface area contributed by atoms with Gasteiger partial charge >= 0.3 is 0 Å². The van der Waals surface area contributed by atoms with Crippen molar-refractivity contribution in [1.29, 1.82) is 0 Å². The van der Waals surface area contributed by atoms with Gasteiger partial charge in [-0.3, -0.25) is 14.5 Å². The van der Waals surface area contributed by atoms with Gasteiger partial charge in [0.15, 0.2) is 12.4 Å². The zero-order valence-corrected chi connectivity index (χ0v) is 15.6. The number of benzene rings is 1. The van der Waals surface area contributed by atoms with E-state index in [4.69, 9.17) is 14.0 Å². The molecule has 9 nitrogen and oxygen atoms in total. The van der Waals surface area contributed by atoms with Gasteiger partial charge in [0.05, 0.1) is 13.2 Å². The first kappa shape index (κ1) is 19.8. The summed E-state index contributed by atoms with van der Waals surface area (Å²) in [6, 6.07) is 10.6. The average molecular weight is 388 g/mol. The third kappa shape index (κ3) is 6.36. The minimum absolute atomic E-state index is 0.0891. The standard InChI is InChI=1S/C19H24N4O5/c24-18(20-17-6-11-28-21-17)14-23(8-7-22-9-12-26-13-10-22)19(25)15-27-16-4-2-1-3-5-16/h1-6,11H,7-10,12-15H2,(H,20,21,24). The molecule has 0 saturated carbocycles. The predicted octanol–water partition coefficient (Wildman–Crippen LogP) is 0.853. The topological polar surface area (TPSA) is 97.1 Å². The fourth-order valence-corrected chi connectivity index (χ4v) is 2.76. The summed E-state index contributed by atoms with van der Waals surface area (Å²) in [5, 5.41) is 6.25. The summed E-state index contributed by atoms with van der Waals surface area (Å²) in [4.78, 5) is 28.7. The Bertz CT molecular complexity index is 732. The van der Waals surface area contributed by atoms with Crippen LogP contribution in [0.1, 0.15) is 0 Å². The number of carbonyl (C=O) groups excluding carboxylic acids is 2. The van der Waals surface area contributed by atoms with E-state index in [9.17, 15) is 9.59 Å². The maximum absolute atomic E-state index is 12.7. The van der Waals surface area contributed by atoms with Crippen molar-refractivity contribution in [2.75, 3.05) is 57.9 Å². The smallest absolute Gasteiger partial charge is 0.261 e. The van der Waals surface area contributed by atoms with Crippen LogP contribution in [0.5, 0.6) is 5.75 Å². The fourth-order valence-electron chi connectivity index (χ4n) is 2.76. The molecule has 0 unspecified atom stereocenters. The molecule has 0 radical (unpaired) electrons. The van der Waals surface area contributed by atoms with Gasteiger partial charge in [0.1, 0.15) is 18.6 Å². The first-order chi connectivity index (χ1) is 13.7. The Kier molecular flexibility index (Phi) is 7.39. The third-order valence-corrected chi connectivity index (χ3v) is 4.29. The largest absolute Gasteiger partial charge is 0.484 e. The van der Waals surface area contributed by atoms with E-state index in [0.29, 0.717) is 37.9 Å². The summed E-state index contributed by atoms with van der Waals surface area (Å²) in [5.74, 6) is 0.318. The van der Waals surface area contributed by atoms with Crippen molar-refractivity contribution in [2.45, 2.75) is 0 Å². The van der Waals surface area contributed by atoms with E-state index in [0.717, 1.165) is 13.1 Å². The Morgan fingerprint density at radius 2 is 1.96 bits per heavy atom. The number of hydrogen-bond acceptors (Lipinski definition) is 7. The van der Waals surface area contributed by atoms with E-state index in [1.165, 1.54) is 17.2 Å². The number of para-hydroxylation sites is 1. The van der Waals surface area contributed by atoms with E-state index in [-0.39, 0.29) is 25.0 Å². The van der Waals surface area contributed by atoms with Crippen molar-refractivity contribution in [1.82, 2.24) is 15.0 Å². The van der Waals surface area contributed by atoms with Gasteiger partial charge in [0.25, 0.3) is 5.91 Å². The van der Waals surface area contributed by atoms with Gasteiger partial charge in [-0.25, -0.2) is 0 Å². The van der Waals surface area contributed by atoms with E-state index < -0.39 is 0 Å². The van der Waals surface area contributed by atoms with Gasteiger partial charge in [-0.15, -0.1) is 0 Å². The van der Waals surface area contributed by atoms with Crippen LogP contribution < -0.4 is 10.1 Å². The summed E-state index contributed by atoms with van der Waals surface area (Å²) >= 11 is 0. The number of ether oxygens (including phenoxy) is 2. The van der Waals surface area contributed by atoms with Gasteiger partial charge in [0.2, 0.25) is 5.91 Å². The normalized spacial score (nSPS) is 14.4. The van der Waals surface area contributed by atoms with Gasteiger partial charge in [-0.2, -0.15) is 0 Å². The molecule has 1 saturated heterocycles. The Hall–Kier alpha value is -2.91. The van der Waals surface area contributed by atoms with Gasteiger partial charge < -0.3 is 24.2 Å². The van der Waals surface area contributed by atoms with Crippen molar-refractivity contribution in [3.8, 4) is 5.75 Å². The maximum atomic E-state index is 12.7. The molecule has 2 heterocycles. The minimum Gasteiger partial charge on any atom is -0.484 e. The van der Waals surface area contributed by atoms with Gasteiger partial charge in [-0.1, -0.05) is 23.4 Å². The molecule has 1 fully saturated rings. The van der Waals surface area contributed by atoms with Gasteiger partial charge in [0, 0.05) is 32.2 Å². The molecule has 3 rings (SSSR count). The van der Waals surface area contributed by atoms with Crippen molar-refractivity contribution in [3.05, 3.63) is 42.7 Å². The molecule has 1 N–H and O–H groups in total. The number of amides is 2. The lowest BCUT2D eigenvalue weighted by Gasteiger charge is -2.29. The molecule has 1 aromatic heterocycles. The Labute approximate surface area is 163 Å². The molecule has 150 valence electrons. The molecule has 1 aliphatic heterocycles. The lowest BCUT2D eigenvalue weighted by Crippen LogP contribution is -2.46. The van der Waals surface area contributed by atoms with Crippen LogP contribution in [0.15, 0.2) is 47.2 Å². The highest BCUT2D eigenvalue weighted by Gasteiger charge is 2.20. The molecule has 1 aliphatic rings. The van der Waals surface area contributed by atoms with Crippen LogP contribution >= 0.6 is 0 Å². The molecular formula is C19H24N4O5. The van der Waals surface area contributed by atoms with Crippen molar-refractivity contribution in [2.24, 2.45) is 0 Å². The first-order valence-electron chi connectivity index (χ1n) is 9.16. The van der Waals surface area contributed by atoms with E-state index in [1.807, 2.05) is 18.2 Å². The molecule has 0 atom stereocenters. The van der Waals surface area contributed by atoms with Crippen LogP contribution in [0.3, 0.4) is 0 Å². The van der Waals surface area contributed by atoms with Crippen molar-refractivity contribution >= 4 is 17.6 Å². The number of carbonyl (C=O) groups is 2. The summed E-state index contributed by atoms with van der Waals surface area (Å²) in [5.41, 5.74) is 0. The number of nitrogens with zero attached hydrogens (tertiary/aromatic N) is 3. The number of nitrogens with one attached hydrogen (secondary N) is 1. The second-order valence-electron chi connectivity index (χ2n) is 6.30. The number of hydrogen-bond donors (Lipinski definition) is 1. The molecule has 0 bridgehead atoms. The second kappa shape index (κ2) is 10.4. The molecule has 28 heavy (non-hydrogen) atoms. The second-order valence-corrected chi connectivity index (χ2v) is 6.30. The SMILES string of the molecule is O=C(CN(CCN1CCOCC1)C(=O)COc1ccccc1)Nc1ccon1. The summed E-state index contributed by atoms with van der Waals surface area (Å²) < 4.78 is 15.6. The molecule has 0 aliphatic carbocycles. The molecule has 9 heteroatoms. The Morgan fingerprint density at radius 3 is 2.68 bits per heavy atom. The van der Waals surface area contributed by atoms with E-state index in [2.05, 4.69) is 15.4 Å². The highest BCUT2D eigenvalue weighted by molar-refractivity contribution is 5.93. The van der Waals surface area contributed by atoms with Gasteiger partial charge in [-0.05, 0) is 12.1 Å². The fraction of sp³-hybridized carbons (Fsp3) is 0.421. The summed E-state index contributed by atoms with van der Waals surface area (Å²) in [6.07, 6.45) is 1.37. The highest BCUT2D eigenvalue weighted by Crippen LogP contribution is 2.09. The van der Waals surface area contributed by atoms with Crippen LogP contribution in [-0.2, 0) is 14.3 Å². The highest BCUT2D eigenvalue weighted by atomic mass is 16.5. The molecule has 0 spiro atoms. The number of anilines is 1. The Balaban J connectivity index is 1.55. The molecule has 2 amide bonds. The monoisotopic (exact) mass is 388 g/mol. The zero-order chi connectivity index (χ0) is 19.6. The van der Waals surface area contributed by atoms with Crippen LogP contribution in [0.2, 0.25) is 0 Å². The lowest BCUT2D eigenvalue weighted by molar-refractivity contribution is -0.136. The Morgan fingerprint density at radius 1 is 1.18 bits per heavy atom. The minimum atomic E-state index is -0.344. The third-order valence-electron chi connectivity index (χ3n) is 4.29. The van der Waals surface area contributed by atoms with E-state index >= 15 is 0 Å². The first-order valence-corrected chi connectivity index (χ1v) is 9.16. The van der Waals surface area contributed by atoms with Crippen molar-refractivity contribution in [3.63, 3.8) is 0 Å². The number of morpholine rings is 1. The molecular weight excluding hydrogens is 364 g/mol. The zero-order valence-electron chi connectivity index (χ0n) is 15.6. The van der Waals surface area contributed by atoms with Crippen LogP contribution in [-0.4, -0.2) is 79.3 Å². The van der Waals surface area contributed by atoms with Crippen molar-refractivity contribution < 1.29 is 23.6 Å². The lowest BCUT2D eigenvalue weighted by atomic mass is 10.3. The molecule has 2 aromatic rings.